The molecule has 3 rings (SSSR count). The largest absolute Gasteiger partial charge is 0.493 e. The number of allylic oxidation sites excluding steroid dienone is 4. The summed E-state index contributed by atoms with van der Waals surface area (Å²) in [6, 6.07) is 9.77. The predicted octanol–water partition coefficient (Wildman–Crippen LogP) is 4.04. The van der Waals surface area contributed by atoms with Crippen molar-refractivity contribution in [3.63, 3.8) is 0 Å². The van der Waals surface area contributed by atoms with Gasteiger partial charge in [-0.3, -0.25) is 9.59 Å². The number of ketones is 2. The summed E-state index contributed by atoms with van der Waals surface area (Å²) in [6.45, 7) is 4.17. The fourth-order valence-corrected chi connectivity index (χ4v) is 3.33. The monoisotopic (exact) mass is 310 g/mol. The maximum atomic E-state index is 12.5. The number of benzene rings is 1. The zero-order chi connectivity index (χ0) is 16.4. The number of Topliss-reactive ketones (excluding diaryl/α,β-unsaturated/α-hetero) is 2. The highest BCUT2D eigenvalue weighted by Crippen LogP contribution is 2.35. The lowest BCUT2D eigenvalue weighted by molar-refractivity contribution is -0.116. The second-order valence-corrected chi connectivity index (χ2v) is 6.43. The molecule has 0 amide bonds. The van der Waals surface area contributed by atoms with E-state index in [1.165, 1.54) is 0 Å². The number of para-hydroxylation sites is 1. The van der Waals surface area contributed by atoms with E-state index in [-0.39, 0.29) is 11.6 Å². The van der Waals surface area contributed by atoms with Gasteiger partial charge >= 0.3 is 0 Å². The van der Waals surface area contributed by atoms with Crippen LogP contribution in [0.3, 0.4) is 0 Å². The van der Waals surface area contributed by atoms with Crippen LogP contribution >= 0.6 is 0 Å². The summed E-state index contributed by atoms with van der Waals surface area (Å²) in [4.78, 5) is 24.9. The number of rotatable bonds is 3. The van der Waals surface area contributed by atoms with Crippen LogP contribution in [0.1, 0.15) is 39.5 Å². The molecule has 0 aromatic heterocycles. The highest BCUT2D eigenvalue weighted by Gasteiger charge is 2.32. The number of ether oxygens (including phenoxy) is 1. The fraction of sp³-hybridized carbons (Fsp3) is 0.400. The van der Waals surface area contributed by atoms with Crippen molar-refractivity contribution in [3.05, 3.63) is 52.6 Å². The van der Waals surface area contributed by atoms with Crippen molar-refractivity contribution in [2.45, 2.75) is 39.5 Å². The molecule has 120 valence electrons. The van der Waals surface area contributed by atoms with Crippen molar-refractivity contribution < 1.29 is 14.3 Å². The molecule has 3 heteroatoms. The molecule has 2 aliphatic rings. The standard InChI is InChI=1S/C20H22O3/c1-13-14(2)20(22)18-11-9-15(8-10-17(18)19(13)21)12-23-16-6-4-3-5-7-16/h3-7,15H,8-12H2,1-2H3. The number of carbonyl (C=O) groups excluding carboxylic acids is 2. The normalized spacial score (nSPS) is 19.7. The van der Waals surface area contributed by atoms with E-state index in [1.54, 1.807) is 13.8 Å². The first-order valence-corrected chi connectivity index (χ1v) is 8.24. The molecule has 0 heterocycles. The third kappa shape index (κ3) is 3.14. The smallest absolute Gasteiger partial charge is 0.185 e. The molecule has 2 aliphatic carbocycles. The van der Waals surface area contributed by atoms with Gasteiger partial charge in [0, 0.05) is 22.3 Å². The second-order valence-electron chi connectivity index (χ2n) is 6.43. The Morgan fingerprint density at radius 2 is 1.43 bits per heavy atom. The maximum absolute atomic E-state index is 12.5. The Balaban J connectivity index is 1.66. The summed E-state index contributed by atoms with van der Waals surface area (Å²) in [5, 5.41) is 0. The average Bonchev–Trinajstić information content (AvgIpc) is 2.80. The summed E-state index contributed by atoms with van der Waals surface area (Å²) < 4.78 is 5.85. The quantitative estimate of drug-likeness (QED) is 0.791. The highest BCUT2D eigenvalue weighted by molar-refractivity contribution is 6.24. The Morgan fingerprint density at radius 1 is 0.913 bits per heavy atom. The number of carbonyl (C=O) groups is 2. The summed E-state index contributed by atoms with van der Waals surface area (Å²) in [5.74, 6) is 1.39. The molecule has 0 fully saturated rings. The first-order chi connectivity index (χ1) is 11.1. The molecule has 1 aromatic rings. The van der Waals surface area contributed by atoms with E-state index in [4.69, 9.17) is 4.74 Å². The van der Waals surface area contributed by atoms with Gasteiger partial charge in [-0.05, 0) is 57.6 Å². The summed E-state index contributed by atoms with van der Waals surface area (Å²) >= 11 is 0. The van der Waals surface area contributed by atoms with Gasteiger partial charge in [-0.2, -0.15) is 0 Å². The van der Waals surface area contributed by atoms with Crippen molar-refractivity contribution >= 4 is 11.6 Å². The van der Waals surface area contributed by atoms with Crippen LogP contribution in [0.15, 0.2) is 52.6 Å². The molecule has 0 radical (unpaired) electrons. The first-order valence-electron chi connectivity index (χ1n) is 8.24. The van der Waals surface area contributed by atoms with E-state index in [1.807, 2.05) is 30.3 Å². The van der Waals surface area contributed by atoms with Gasteiger partial charge in [-0.1, -0.05) is 18.2 Å². The zero-order valence-electron chi connectivity index (χ0n) is 13.7. The average molecular weight is 310 g/mol. The lowest BCUT2D eigenvalue weighted by Crippen LogP contribution is -2.21. The Bertz CT molecular complexity index is 657. The molecule has 0 N–H and O–H groups in total. The minimum Gasteiger partial charge on any atom is -0.493 e. The van der Waals surface area contributed by atoms with Crippen LogP contribution in [0.2, 0.25) is 0 Å². The lowest BCUT2D eigenvalue weighted by Gasteiger charge is -2.18. The third-order valence-corrected chi connectivity index (χ3v) is 4.99. The van der Waals surface area contributed by atoms with Crippen LogP contribution in [0.4, 0.5) is 0 Å². The minimum absolute atomic E-state index is 0.0710. The number of hydrogen-bond donors (Lipinski definition) is 0. The van der Waals surface area contributed by atoms with E-state index >= 15 is 0 Å². The van der Waals surface area contributed by atoms with Crippen LogP contribution in [0.5, 0.6) is 5.75 Å². The van der Waals surface area contributed by atoms with Crippen molar-refractivity contribution in [2.24, 2.45) is 5.92 Å². The van der Waals surface area contributed by atoms with Gasteiger partial charge in [0.1, 0.15) is 5.75 Å². The van der Waals surface area contributed by atoms with Crippen molar-refractivity contribution in [1.29, 1.82) is 0 Å². The van der Waals surface area contributed by atoms with Gasteiger partial charge in [-0.15, -0.1) is 0 Å². The number of hydrogen-bond acceptors (Lipinski definition) is 3. The minimum atomic E-state index is 0.0710. The van der Waals surface area contributed by atoms with Gasteiger partial charge in [0.05, 0.1) is 6.61 Å². The van der Waals surface area contributed by atoms with E-state index in [2.05, 4.69) is 0 Å². The van der Waals surface area contributed by atoms with E-state index in [0.29, 0.717) is 36.5 Å². The predicted molar refractivity (Wildman–Crippen MR) is 89.3 cm³/mol. The molecule has 0 saturated heterocycles. The summed E-state index contributed by atoms with van der Waals surface area (Å²) in [6.07, 6.45) is 3.18. The maximum Gasteiger partial charge on any atom is 0.185 e. The first kappa shape index (κ1) is 15.7. The van der Waals surface area contributed by atoms with Crippen LogP contribution in [-0.2, 0) is 9.59 Å². The molecule has 3 nitrogen and oxygen atoms in total. The van der Waals surface area contributed by atoms with Crippen molar-refractivity contribution in [2.75, 3.05) is 6.61 Å². The van der Waals surface area contributed by atoms with E-state index in [9.17, 15) is 9.59 Å². The van der Waals surface area contributed by atoms with Gasteiger partial charge in [0.25, 0.3) is 0 Å². The Kier molecular flexibility index (Phi) is 4.46. The Hall–Kier alpha value is -2.16. The Morgan fingerprint density at radius 3 is 1.96 bits per heavy atom. The van der Waals surface area contributed by atoms with E-state index in [0.717, 1.165) is 29.7 Å². The molecule has 0 saturated carbocycles. The molecular weight excluding hydrogens is 288 g/mol. The van der Waals surface area contributed by atoms with Crippen LogP contribution < -0.4 is 4.74 Å². The molecule has 0 unspecified atom stereocenters. The second kappa shape index (κ2) is 6.53. The highest BCUT2D eigenvalue weighted by atomic mass is 16.5. The fourth-order valence-electron chi connectivity index (χ4n) is 3.33. The molecule has 23 heavy (non-hydrogen) atoms. The van der Waals surface area contributed by atoms with Gasteiger partial charge < -0.3 is 4.74 Å². The van der Waals surface area contributed by atoms with Crippen LogP contribution in [-0.4, -0.2) is 18.2 Å². The van der Waals surface area contributed by atoms with Crippen molar-refractivity contribution in [1.82, 2.24) is 0 Å². The zero-order valence-corrected chi connectivity index (χ0v) is 13.7. The Labute approximate surface area is 137 Å². The lowest BCUT2D eigenvalue weighted by atomic mass is 9.83. The van der Waals surface area contributed by atoms with Gasteiger partial charge in [-0.25, -0.2) is 0 Å². The summed E-state index contributed by atoms with van der Waals surface area (Å²) in [5.41, 5.74) is 2.74. The molecular formula is C20H22O3. The summed E-state index contributed by atoms with van der Waals surface area (Å²) in [7, 11) is 0. The topological polar surface area (TPSA) is 43.4 Å². The molecule has 0 spiro atoms. The third-order valence-electron chi connectivity index (χ3n) is 4.99. The van der Waals surface area contributed by atoms with Crippen LogP contribution in [0, 0.1) is 5.92 Å². The van der Waals surface area contributed by atoms with Gasteiger partial charge in [0.2, 0.25) is 0 Å². The van der Waals surface area contributed by atoms with Crippen LogP contribution in [0.25, 0.3) is 0 Å². The molecule has 0 aliphatic heterocycles. The molecule has 0 atom stereocenters. The SMILES string of the molecule is CC1=C(C)C(=O)C2=C(CCC(COc3ccccc3)CC2)C1=O. The molecule has 1 aromatic carbocycles. The van der Waals surface area contributed by atoms with Crippen molar-refractivity contribution in [3.8, 4) is 5.75 Å². The van der Waals surface area contributed by atoms with Gasteiger partial charge in [0.15, 0.2) is 11.6 Å². The molecule has 0 bridgehead atoms. The van der Waals surface area contributed by atoms with E-state index < -0.39 is 0 Å².